The predicted octanol–water partition coefficient (Wildman–Crippen LogP) is 3.13. The molecule has 0 saturated carbocycles. The Balaban J connectivity index is 2.42. The quantitative estimate of drug-likeness (QED) is 0.536. The van der Waals surface area contributed by atoms with E-state index in [1.54, 1.807) is 16.8 Å². The van der Waals surface area contributed by atoms with Crippen molar-refractivity contribution in [3.8, 4) is 23.8 Å². The standard InChI is InChI=1S/C20H16N2O2/c1-3-9-17-18(24-14-4-2)16-12-8-13-21-19(16)22(20(17)23)15-10-6-5-7-11-15/h2-3,5-8,10-13H,1,9,14H2. The largest absolute Gasteiger partial charge is 0.480 e. The molecule has 0 bridgehead atoms. The Bertz CT molecular complexity index is 982. The third kappa shape index (κ3) is 2.68. The first-order valence-electron chi connectivity index (χ1n) is 7.53. The number of hydrogen-bond donors (Lipinski definition) is 0. The van der Waals surface area contributed by atoms with Crippen LogP contribution in [0.4, 0.5) is 0 Å². The molecule has 0 unspecified atom stereocenters. The van der Waals surface area contributed by atoms with Crippen LogP contribution in [0.2, 0.25) is 0 Å². The zero-order valence-corrected chi connectivity index (χ0v) is 13.1. The summed E-state index contributed by atoms with van der Waals surface area (Å²) >= 11 is 0. The highest BCUT2D eigenvalue weighted by Crippen LogP contribution is 2.28. The van der Waals surface area contributed by atoms with Crippen molar-refractivity contribution in [3.63, 3.8) is 0 Å². The average Bonchev–Trinajstić information content (AvgIpc) is 2.62. The molecule has 1 aromatic carbocycles. The Kier molecular flexibility index (Phi) is 4.44. The molecule has 0 amide bonds. The van der Waals surface area contributed by atoms with Gasteiger partial charge in [0, 0.05) is 6.20 Å². The number of nitrogens with zero attached hydrogens (tertiary/aromatic N) is 2. The third-order valence-corrected chi connectivity index (χ3v) is 3.64. The highest BCUT2D eigenvalue weighted by atomic mass is 16.5. The van der Waals surface area contributed by atoms with Gasteiger partial charge in [0.2, 0.25) is 0 Å². The minimum Gasteiger partial charge on any atom is -0.480 e. The maximum absolute atomic E-state index is 13.1. The normalized spacial score (nSPS) is 10.3. The van der Waals surface area contributed by atoms with Crippen molar-refractivity contribution < 1.29 is 4.74 Å². The molecule has 0 aliphatic heterocycles. The van der Waals surface area contributed by atoms with Gasteiger partial charge in [0.1, 0.15) is 12.4 Å². The number of ether oxygens (including phenoxy) is 1. The first-order valence-corrected chi connectivity index (χ1v) is 7.53. The number of hydrogen-bond acceptors (Lipinski definition) is 3. The summed E-state index contributed by atoms with van der Waals surface area (Å²) in [5.74, 6) is 2.92. The zero-order valence-electron chi connectivity index (χ0n) is 13.1. The van der Waals surface area contributed by atoms with E-state index in [0.717, 1.165) is 11.1 Å². The van der Waals surface area contributed by atoms with Gasteiger partial charge in [-0.2, -0.15) is 0 Å². The zero-order chi connectivity index (χ0) is 16.9. The fourth-order valence-electron chi connectivity index (χ4n) is 2.66. The molecule has 0 saturated heterocycles. The average molecular weight is 316 g/mol. The summed E-state index contributed by atoms with van der Waals surface area (Å²) in [7, 11) is 0. The van der Waals surface area contributed by atoms with Gasteiger partial charge in [-0.05, 0) is 30.7 Å². The van der Waals surface area contributed by atoms with Crippen LogP contribution in [0.15, 0.2) is 66.1 Å². The highest BCUT2D eigenvalue weighted by Gasteiger charge is 2.18. The molecule has 0 atom stereocenters. The van der Waals surface area contributed by atoms with Crippen molar-refractivity contribution in [2.75, 3.05) is 6.61 Å². The molecule has 0 fully saturated rings. The Hall–Kier alpha value is -3.32. The summed E-state index contributed by atoms with van der Waals surface area (Å²) < 4.78 is 7.28. The Labute approximate surface area is 140 Å². The van der Waals surface area contributed by atoms with Gasteiger partial charge in [0.15, 0.2) is 5.65 Å². The van der Waals surface area contributed by atoms with Crippen LogP contribution in [0.1, 0.15) is 5.56 Å². The Morgan fingerprint density at radius 2 is 2.04 bits per heavy atom. The lowest BCUT2D eigenvalue weighted by atomic mass is 10.1. The van der Waals surface area contributed by atoms with Gasteiger partial charge < -0.3 is 4.74 Å². The number of allylic oxidation sites excluding steroid dienone is 1. The number of pyridine rings is 2. The van der Waals surface area contributed by atoms with Crippen LogP contribution >= 0.6 is 0 Å². The van der Waals surface area contributed by atoms with E-state index in [2.05, 4.69) is 17.5 Å². The molecular formula is C20H16N2O2. The van der Waals surface area contributed by atoms with Gasteiger partial charge in [0.05, 0.1) is 16.6 Å². The van der Waals surface area contributed by atoms with Crippen molar-refractivity contribution in [2.45, 2.75) is 6.42 Å². The first kappa shape index (κ1) is 15.6. The molecule has 3 aromatic rings. The van der Waals surface area contributed by atoms with E-state index >= 15 is 0 Å². The monoisotopic (exact) mass is 316 g/mol. The van der Waals surface area contributed by atoms with Gasteiger partial charge in [-0.3, -0.25) is 9.36 Å². The second-order valence-corrected chi connectivity index (χ2v) is 5.14. The lowest BCUT2D eigenvalue weighted by molar-refractivity contribution is 0.370. The van der Waals surface area contributed by atoms with Crippen LogP contribution < -0.4 is 10.3 Å². The minimum atomic E-state index is -0.181. The molecule has 4 nitrogen and oxygen atoms in total. The maximum Gasteiger partial charge on any atom is 0.264 e. The van der Waals surface area contributed by atoms with Gasteiger partial charge in [-0.1, -0.05) is 30.2 Å². The number of terminal acetylenes is 1. The smallest absolute Gasteiger partial charge is 0.264 e. The van der Waals surface area contributed by atoms with Crippen molar-refractivity contribution in [1.29, 1.82) is 0 Å². The summed E-state index contributed by atoms with van der Waals surface area (Å²) in [6.45, 7) is 3.83. The molecule has 4 heteroatoms. The van der Waals surface area contributed by atoms with Gasteiger partial charge in [-0.25, -0.2) is 4.98 Å². The molecule has 0 aliphatic rings. The van der Waals surface area contributed by atoms with Crippen LogP contribution in [0.25, 0.3) is 16.7 Å². The fraction of sp³-hybridized carbons (Fsp3) is 0.100. The summed E-state index contributed by atoms with van der Waals surface area (Å²) in [4.78, 5) is 17.5. The van der Waals surface area contributed by atoms with Crippen molar-refractivity contribution >= 4 is 11.0 Å². The second kappa shape index (κ2) is 6.84. The molecule has 24 heavy (non-hydrogen) atoms. The van der Waals surface area contributed by atoms with E-state index < -0.39 is 0 Å². The maximum atomic E-state index is 13.1. The van der Waals surface area contributed by atoms with Crippen molar-refractivity contribution in [2.24, 2.45) is 0 Å². The number of fused-ring (bicyclic) bond motifs is 1. The predicted molar refractivity (Wildman–Crippen MR) is 95.6 cm³/mol. The molecule has 0 spiro atoms. The van der Waals surface area contributed by atoms with E-state index in [1.807, 2.05) is 42.5 Å². The molecule has 2 heterocycles. The van der Waals surface area contributed by atoms with Crippen LogP contribution in [0.3, 0.4) is 0 Å². The molecule has 0 N–H and O–H groups in total. The van der Waals surface area contributed by atoms with Crippen molar-refractivity contribution in [1.82, 2.24) is 9.55 Å². The molecule has 0 radical (unpaired) electrons. The van der Waals surface area contributed by atoms with E-state index in [-0.39, 0.29) is 12.2 Å². The summed E-state index contributed by atoms with van der Waals surface area (Å²) in [5, 5.41) is 0.744. The lowest BCUT2D eigenvalue weighted by Crippen LogP contribution is -2.24. The SMILES string of the molecule is C#CCOc1c(CC=C)c(=O)n(-c2ccccc2)c2ncccc12. The number of aromatic nitrogens is 2. The number of rotatable bonds is 5. The van der Waals surface area contributed by atoms with E-state index in [1.165, 1.54) is 0 Å². The second-order valence-electron chi connectivity index (χ2n) is 5.14. The first-order chi connectivity index (χ1) is 11.8. The van der Waals surface area contributed by atoms with E-state index in [9.17, 15) is 4.79 Å². The Morgan fingerprint density at radius 1 is 1.25 bits per heavy atom. The van der Waals surface area contributed by atoms with Crippen LogP contribution in [-0.4, -0.2) is 16.2 Å². The number of benzene rings is 1. The van der Waals surface area contributed by atoms with Crippen LogP contribution in [0.5, 0.6) is 5.75 Å². The third-order valence-electron chi connectivity index (χ3n) is 3.64. The van der Waals surface area contributed by atoms with Crippen LogP contribution in [0, 0.1) is 12.3 Å². The number of para-hydroxylation sites is 1. The van der Waals surface area contributed by atoms with E-state index in [4.69, 9.17) is 11.2 Å². The summed E-state index contributed by atoms with van der Waals surface area (Å²) in [6.07, 6.45) is 9.02. The van der Waals surface area contributed by atoms with Gasteiger partial charge in [0.25, 0.3) is 5.56 Å². The van der Waals surface area contributed by atoms with Crippen LogP contribution in [-0.2, 0) is 6.42 Å². The molecule has 2 aromatic heterocycles. The molecular weight excluding hydrogens is 300 g/mol. The topological polar surface area (TPSA) is 44.1 Å². The fourth-order valence-corrected chi connectivity index (χ4v) is 2.66. The van der Waals surface area contributed by atoms with Gasteiger partial charge >= 0.3 is 0 Å². The Morgan fingerprint density at radius 3 is 2.75 bits per heavy atom. The molecule has 3 rings (SSSR count). The lowest BCUT2D eigenvalue weighted by Gasteiger charge is -2.16. The van der Waals surface area contributed by atoms with Gasteiger partial charge in [-0.15, -0.1) is 13.0 Å². The molecule has 0 aliphatic carbocycles. The van der Waals surface area contributed by atoms with E-state index in [0.29, 0.717) is 23.4 Å². The minimum absolute atomic E-state index is 0.0862. The van der Waals surface area contributed by atoms with Crippen molar-refractivity contribution in [3.05, 3.63) is 77.2 Å². The highest BCUT2D eigenvalue weighted by molar-refractivity contribution is 5.85. The summed E-state index contributed by atoms with van der Waals surface area (Å²) in [6, 6.07) is 13.1. The summed E-state index contributed by atoms with van der Waals surface area (Å²) in [5.41, 5.74) is 1.62. The molecule has 118 valence electrons.